The number of carbonyl (C=O) groups is 1. The van der Waals surface area contributed by atoms with Crippen LogP contribution in [0.1, 0.15) is 16.4 Å². The number of thioether (sulfide) groups is 1. The fourth-order valence-electron chi connectivity index (χ4n) is 2.02. The first-order chi connectivity index (χ1) is 7.72. The quantitative estimate of drug-likeness (QED) is 0.810. The number of hydrogen-bond acceptors (Lipinski definition) is 4. The first-order valence-electron chi connectivity index (χ1n) is 5.24. The zero-order chi connectivity index (χ0) is 11.5. The summed E-state index contributed by atoms with van der Waals surface area (Å²) < 4.78 is 4.63. The van der Waals surface area contributed by atoms with Crippen LogP contribution >= 0.6 is 11.8 Å². The summed E-state index contributed by atoms with van der Waals surface area (Å²) in [5.74, 6) is 0.171. The second-order valence-electron chi connectivity index (χ2n) is 3.87. The molecule has 1 aliphatic carbocycles. The Morgan fingerprint density at radius 1 is 1.56 bits per heavy atom. The van der Waals surface area contributed by atoms with Gasteiger partial charge >= 0.3 is 5.97 Å². The molecular formula is C12H15NO2S. The molecule has 0 heterocycles. The zero-order valence-corrected chi connectivity index (χ0v) is 10.00. The number of esters is 1. The van der Waals surface area contributed by atoms with E-state index in [-0.39, 0.29) is 17.3 Å². The number of methoxy groups -OCH3 is 1. The molecule has 0 aromatic heterocycles. The molecule has 0 fully saturated rings. The Morgan fingerprint density at radius 2 is 2.31 bits per heavy atom. The van der Waals surface area contributed by atoms with Gasteiger partial charge in [0.1, 0.15) is 0 Å². The molecule has 0 unspecified atom stereocenters. The first kappa shape index (κ1) is 11.5. The Hall–Kier alpha value is -1.00. The molecule has 0 bridgehead atoms. The van der Waals surface area contributed by atoms with Crippen molar-refractivity contribution in [2.24, 2.45) is 5.73 Å². The maximum Gasteiger partial charge on any atom is 0.315 e. The van der Waals surface area contributed by atoms with Crippen molar-refractivity contribution < 1.29 is 9.53 Å². The second kappa shape index (κ2) is 4.89. The average Bonchev–Trinajstić information content (AvgIpc) is 2.62. The van der Waals surface area contributed by atoms with Gasteiger partial charge in [0.15, 0.2) is 0 Å². The molecule has 0 spiro atoms. The summed E-state index contributed by atoms with van der Waals surface area (Å²) in [6.45, 7) is 0. The van der Waals surface area contributed by atoms with E-state index in [1.54, 1.807) is 11.8 Å². The van der Waals surface area contributed by atoms with Gasteiger partial charge in [0, 0.05) is 11.3 Å². The van der Waals surface area contributed by atoms with Crippen LogP contribution in [0, 0.1) is 0 Å². The minimum atomic E-state index is -0.193. The lowest BCUT2D eigenvalue weighted by Crippen LogP contribution is -2.24. The Balaban J connectivity index is 2.07. The van der Waals surface area contributed by atoms with Crippen LogP contribution in [0.5, 0.6) is 0 Å². The lowest BCUT2D eigenvalue weighted by atomic mass is 10.1. The third-order valence-electron chi connectivity index (χ3n) is 2.81. The van der Waals surface area contributed by atoms with Gasteiger partial charge in [0.05, 0.1) is 12.9 Å². The smallest absolute Gasteiger partial charge is 0.315 e. The minimum absolute atomic E-state index is 0.104. The van der Waals surface area contributed by atoms with Crippen molar-refractivity contribution in [1.29, 1.82) is 0 Å². The van der Waals surface area contributed by atoms with E-state index in [9.17, 15) is 4.79 Å². The van der Waals surface area contributed by atoms with Crippen LogP contribution in [0.3, 0.4) is 0 Å². The van der Waals surface area contributed by atoms with Crippen LogP contribution in [-0.2, 0) is 16.0 Å². The SMILES string of the molecule is COC(=O)CS[C@@H]1c2ccccc2C[C@H]1N. The van der Waals surface area contributed by atoms with E-state index in [0.717, 1.165) is 6.42 Å². The van der Waals surface area contributed by atoms with Gasteiger partial charge in [-0.25, -0.2) is 0 Å². The van der Waals surface area contributed by atoms with Gasteiger partial charge in [-0.15, -0.1) is 11.8 Å². The van der Waals surface area contributed by atoms with Crippen LogP contribution in [-0.4, -0.2) is 24.9 Å². The molecule has 1 aliphatic rings. The molecule has 1 aromatic rings. The van der Waals surface area contributed by atoms with Crippen molar-refractivity contribution in [3.05, 3.63) is 35.4 Å². The predicted octanol–water partition coefficient (Wildman–Crippen LogP) is 1.52. The van der Waals surface area contributed by atoms with Crippen molar-refractivity contribution >= 4 is 17.7 Å². The second-order valence-corrected chi connectivity index (χ2v) is 5.00. The van der Waals surface area contributed by atoms with Gasteiger partial charge in [-0.05, 0) is 17.5 Å². The highest BCUT2D eigenvalue weighted by Crippen LogP contribution is 2.40. The van der Waals surface area contributed by atoms with Gasteiger partial charge in [-0.3, -0.25) is 4.79 Å². The fraction of sp³-hybridized carbons (Fsp3) is 0.417. The molecule has 4 heteroatoms. The number of hydrogen-bond donors (Lipinski definition) is 1. The van der Waals surface area contributed by atoms with E-state index < -0.39 is 0 Å². The van der Waals surface area contributed by atoms with Crippen molar-refractivity contribution in [3.63, 3.8) is 0 Å². The molecule has 2 N–H and O–H groups in total. The first-order valence-corrected chi connectivity index (χ1v) is 6.29. The number of carbonyl (C=O) groups excluding carboxylic acids is 1. The summed E-state index contributed by atoms with van der Waals surface area (Å²) in [5, 5.41) is 0.218. The number of rotatable bonds is 3. The van der Waals surface area contributed by atoms with E-state index in [1.807, 2.05) is 12.1 Å². The number of benzene rings is 1. The standard InChI is InChI=1S/C12H15NO2S/c1-15-11(14)7-16-12-9-5-3-2-4-8(9)6-10(12)13/h2-5,10,12H,6-7,13H2,1H3/t10-,12-/m1/s1. The number of nitrogens with two attached hydrogens (primary N) is 1. The van der Waals surface area contributed by atoms with E-state index in [0.29, 0.717) is 5.75 Å². The van der Waals surface area contributed by atoms with Gasteiger partial charge < -0.3 is 10.5 Å². The van der Waals surface area contributed by atoms with Gasteiger partial charge in [0.25, 0.3) is 0 Å². The molecule has 0 saturated carbocycles. The normalized spacial score (nSPS) is 22.9. The summed E-state index contributed by atoms with van der Waals surface area (Å²) in [5.41, 5.74) is 8.65. The molecule has 16 heavy (non-hydrogen) atoms. The maximum atomic E-state index is 11.1. The van der Waals surface area contributed by atoms with Gasteiger partial charge in [-0.1, -0.05) is 24.3 Å². The van der Waals surface area contributed by atoms with Gasteiger partial charge in [0.2, 0.25) is 0 Å². The predicted molar refractivity (Wildman–Crippen MR) is 65.3 cm³/mol. The summed E-state index contributed by atoms with van der Waals surface area (Å²) in [7, 11) is 1.41. The number of fused-ring (bicyclic) bond motifs is 1. The van der Waals surface area contributed by atoms with Crippen molar-refractivity contribution in [2.45, 2.75) is 17.7 Å². The highest BCUT2D eigenvalue weighted by Gasteiger charge is 2.30. The molecule has 3 nitrogen and oxygen atoms in total. The van der Waals surface area contributed by atoms with Crippen molar-refractivity contribution in [2.75, 3.05) is 12.9 Å². The van der Waals surface area contributed by atoms with Crippen LogP contribution in [0.4, 0.5) is 0 Å². The molecule has 86 valence electrons. The summed E-state index contributed by atoms with van der Waals surface area (Å²) >= 11 is 1.57. The Labute approximate surface area is 99.4 Å². The molecule has 2 atom stereocenters. The highest BCUT2D eigenvalue weighted by atomic mass is 32.2. The third-order valence-corrected chi connectivity index (χ3v) is 4.18. The maximum absolute atomic E-state index is 11.1. The number of ether oxygens (including phenoxy) is 1. The van der Waals surface area contributed by atoms with Crippen molar-refractivity contribution in [3.8, 4) is 0 Å². The topological polar surface area (TPSA) is 52.3 Å². The lowest BCUT2D eigenvalue weighted by Gasteiger charge is -2.15. The monoisotopic (exact) mass is 237 g/mol. The van der Waals surface area contributed by atoms with Crippen LogP contribution in [0.15, 0.2) is 24.3 Å². The minimum Gasteiger partial charge on any atom is -0.468 e. The lowest BCUT2D eigenvalue weighted by molar-refractivity contribution is -0.137. The van der Waals surface area contributed by atoms with E-state index in [2.05, 4.69) is 16.9 Å². The van der Waals surface area contributed by atoms with Crippen LogP contribution < -0.4 is 5.73 Å². The third kappa shape index (κ3) is 2.23. The zero-order valence-electron chi connectivity index (χ0n) is 9.18. The Kier molecular flexibility index (Phi) is 3.51. The van der Waals surface area contributed by atoms with E-state index >= 15 is 0 Å². The van der Waals surface area contributed by atoms with Crippen molar-refractivity contribution in [1.82, 2.24) is 0 Å². The van der Waals surface area contributed by atoms with Gasteiger partial charge in [-0.2, -0.15) is 0 Å². The molecule has 2 rings (SSSR count). The summed E-state index contributed by atoms with van der Waals surface area (Å²) in [6, 6.07) is 8.35. The molecule has 0 aliphatic heterocycles. The van der Waals surface area contributed by atoms with E-state index in [4.69, 9.17) is 5.73 Å². The molecule has 0 radical (unpaired) electrons. The summed E-state index contributed by atoms with van der Waals surface area (Å²) in [6.07, 6.45) is 0.898. The van der Waals surface area contributed by atoms with Crippen LogP contribution in [0.2, 0.25) is 0 Å². The van der Waals surface area contributed by atoms with Crippen LogP contribution in [0.25, 0.3) is 0 Å². The highest BCUT2D eigenvalue weighted by molar-refractivity contribution is 8.00. The molecule has 1 aromatic carbocycles. The fourth-order valence-corrected chi connectivity index (χ4v) is 3.21. The Bertz CT molecular complexity index is 394. The average molecular weight is 237 g/mol. The molecule has 0 saturated heterocycles. The molecule has 0 amide bonds. The molecular weight excluding hydrogens is 222 g/mol. The largest absolute Gasteiger partial charge is 0.468 e. The van der Waals surface area contributed by atoms with E-state index in [1.165, 1.54) is 18.2 Å². The Morgan fingerprint density at radius 3 is 3.06 bits per heavy atom. The summed E-state index contributed by atoms with van der Waals surface area (Å²) in [4.78, 5) is 11.1.